The third kappa shape index (κ3) is 5.25. The van der Waals surface area contributed by atoms with E-state index < -0.39 is 0 Å². The highest BCUT2D eigenvalue weighted by molar-refractivity contribution is 5.61. The summed E-state index contributed by atoms with van der Waals surface area (Å²) < 4.78 is 0. The van der Waals surface area contributed by atoms with Crippen molar-refractivity contribution in [1.82, 2.24) is 9.97 Å². The molecule has 1 aliphatic heterocycles. The van der Waals surface area contributed by atoms with Crippen LogP contribution in [0.25, 0.3) is 0 Å². The summed E-state index contributed by atoms with van der Waals surface area (Å²) in [5.74, 6) is 1.44. The lowest BCUT2D eigenvalue weighted by Crippen LogP contribution is -2.29. The molecule has 4 rings (SSSR count). The Bertz CT molecular complexity index is 946. The maximum absolute atomic E-state index is 4.63. The lowest BCUT2D eigenvalue weighted by atomic mass is 10.1. The summed E-state index contributed by atoms with van der Waals surface area (Å²) in [6, 6.07) is 19.1. The van der Waals surface area contributed by atoms with Gasteiger partial charge in [-0.05, 0) is 62.9 Å². The van der Waals surface area contributed by atoms with Crippen molar-refractivity contribution in [3.63, 3.8) is 0 Å². The van der Waals surface area contributed by atoms with Crippen molar-refractivity contribution in [2.24, 2.45) is 0 Å². The van der Waals surface area contributed by atoms with Crippen LogP contribution in [0.15, 0.2) is 54.6 Å². The molecule has 0 radical (unpaired) electrons. The number of aromatic nitrogens is 2. The van der Waals surface area contributed by atoms with Crippen LogP contribution in [0.1, 0.15) is 36.1 Å². The fourth-order valence-corrected chi connectivity index (χ4v) is 3.77. The highest BCUT2D eigenvalue weighted by atomic mass is 15.1. The normalized spacial score (nSPS) is 13.9. The first-order valence-corrected chi connectivity index (χ1v) is 10.4. The minimum absolute atomic E-state index is 0.638. The first-order valence-electron chi connectivity index (χ1n) is 10.4. The Labute approximate surface area is 173 Å². The maximum Gasteiger partial charge on any atom is 0.225 e. The third-order valence-electron chi connectivity index (χ3n) is 5.25. The number of piperidine rings is 1. The molecule has 0 saturated carbocycles. The first-order chi connectivity index (χ1) is 14.2. The van der Waals surface area contributed by atoms with Gasteiger partial charge in [-0.2, -0.15) is 4.98 Å². The van der Waals surface area contributed by atoms with Crippen LogP contribution >= 0.6 is 0 Å². The Balaban J connectivity index is 1.42. The number of benzene rings is 2. The van der Waals surface area contributed by atoms with E-state index in [1.165, 1.54) is 36.1 Å². The lowest BCUT2D eigenvalue weighted by Gasteiger charge is -2.28. The molecular weight excluding hydrogens is 358 g/mol. The minimum Gasteiger partial charge on any atom is -0.372 e. The van der Waals surface area contributed by atoms with Gasteiger partial charge in [-0.15, -0.1) is 0 Å². The molecule has 0 spiro atoms. The lowest BCUT2D eigenvalue weighted by molar-refractivity contribution is 0.578. The maximum atomic E-state index is 4.63. The molecule has 0 unspecified atom stereocenters. The summed E-state index contributed by atoms with van der Waals surface area (Å²) in [7, 11) is 0. The number of hydrogen-bond acceptors (Lipinski definition) is 5. The zero-order valence-electron chi connectivity index (χ0n) is 17.3. The van der Waals surface area contributed by atoms with Gasteiger partial charge in [0.05, 0.1) is 0 Å². The topological polar surface area (TPSA) is 53.1 Å². The Kier molecular flexibility index (Phi) is 5.94. The van der Waals surface area contributed by atoms with E-state index in [2.05, 4.69) is 81.0 Å². The second-order valence-corrected chi connectivity index (χ2v) is 7.78. The van der Waals surface area contributed by atoms with Gasteiger partial charge in [0, 0.05) is 42.8 Å². The van der Waals surface area contributed by atoms with Crippen molar-refractivity contribution in [3.05, 3.63) is 71.4 Å². The van der Waals surface area contributed by atoms with Gasteiger partial charge in [0.15, 0.2) is 0 Å². The Hall–Kier alpha value is -3.08. The smallest absolute Gasteiger partial charge is 0.225 e. The van der Waals surface area contributed by atoms with Gasteiger partial charge in [-0.25, -0.2) is 4.98 Å². The second-order valence-electron chi connectivity index (χ2n) is 7.78. The van der Waals surface area contributed by atoms with Gasteiger partial charge < -0.3 is 15.5 Å². The molecule has 5 nitrogen and oxygen atoms in total. The largest absolute Gasteiger partial charge is 0.372 e. The fourth-order valence-electron chi connectivity index (χ4n) is 3.77. The molecule has 1 aliphatic rings. The average Bonchev–Trinajstić information content (AvgIpc) is 2.73. The highest BCUT2D eigenvalue weighted by Crippen LogP contribution is 2.23. The fraction of sp³-hybridized carbons (Fsp3) is 0.333. The van der Waals surface area contributed by atoms with E-state index in [0.717, 1.165) is 30.3 Å². The zero-order chi connectivity index (χ0) is 20.1. The first kappa shape index (κ1) is 19.2. The molecule has 0 amide bonds. The molecule has 0 atom stereocenters. The molecule has 2 heterocycles. The van der Waals surface area contributed by atoms with Gasteiger partial charge in [-0.3, -0.25) is 0 Å². The SMILES string of the molecule is Cc1cccc(CNc2nc(C)cc(Nc3ccc(N4CCCCC4)cc3)n2)c1. The molecule has 150 valence electrons. The van der Waals surface area contributed by atoms with E-state index in [-0.39, 0.29) is 0 Å². The summed E-state index contributed by atoms with van der Waals surface area (Å²) in [6.45, 7) is 7.12. The number of hydrogen-bond donors (Lipinski definition) is 2. The van der Waals surface area contributed by atoms with Crippen molar-refractivity contribution >= 4 is 23.1 Å². The molecule has 1 saturated heterocycles. The summed E-state index contributed by atoms with van der Waals surface area (Å²) >= 11 is 0. The van der Waals surface area contributed by atoms with Crippen molar-refractivity contribution in [2.45, 2.75) is 39.7 Å². The van der Waals surface area contributed by atoms with Crippen LogP contribution in [0.4, 0.5) is 23.1 Å². The van der Waals surface area contributed by atoms with Crippen LogP contribution in [0.5, 0.6) is 0 Å². The molecule has 3 aromatic rings. The number of rotatable bonds is 6. The standard InChI is InChI=1S/C24H29N5/c1-18-7-6-8-20(15-18)17-25-24-26-19(2)16-23(28-24)27-21-9-11-22(12-10-21)29-13-4-3-5-14-29/h6-12,15-16H,3-5,13-14,17H2,1-2H3,(H2,25,26,27,28). The predicted octanol–water partition coefficient (Wildman–Crippen LogP) is 5.44. The summed E-state index contributed by atoms with van der Waals surface area (Å²) in [5, 5.41) is 6.75. The van der Waals surface area contributed by atoms with Crippen molar-refractivity contribution in [3.8, 4) is 0 Å². The van der Waals surface area contributed by atoms with Crippen LogP contribution in [0.3, 0.4) is 0 Å². The predicted molar refractivity (Wildman–Crippen MR) is 121 cm³/mol. The van der Waals surface area contributed by atoms with Crippen molar-refractivity contribution < 1.29 is 0 Å². The number of anilines is 4. The average molecular weight is 388 g/mol. The Morgan fingerprint density at radius 1 is 0.897 bits per heavy atom. The molecular formula is C24H29N5. The van der Waals surface area contributed by atoms with E-state index in [9.17, 15) is 0 Å². The van der Waals surface area contributed by atoms with Crippen LogP contribution in [0, 0.1) is 13.8 Å². The van der Waals surface area contributed by atoms with Gasteiger partial charge in [0.1, 0.15) is 5.82 Å². The van der Waals surface area contributed by atoms with Crippen LogP contribution in [0.2, 0.25) is 0 Å². The van der Waals surface area contributed by atoms with Gasteiger partial charge >= 0.3 is 0 Å². The molecule has 29 heavy (non-hydrogen) atoms. The quantitative estimate of drug-likeness (QED) is 0.590. The van der Waals surface area contributed by atoms with E-state index in [0.29, 0.717) is 12.5 Å². The molecule has 5 heteroatoms. The summed E-state index contributed by atoms with van der Waals surface area (Å²) in [6.07, 6.45) is 3.93. The van der Waals surface area contributed by atoms with Crippen LogP contribution < -0.4 is 15.5 Å². The molecule has 1 fully saturated rings. The molecule has 0 aliphatic carbocycles. The van der Waals surface area contributed by atoms with E-state index >= 15 is 0 Å². The second kappa shape index (κ2) is 8.95. The molecule has 0 bridgehead atoms. The summed E-state index contributed by atoms with van der Waals surface area (Å²) in [5.41, 5.74) is 5.74. The van der Waals surface area contributed by atoms with Crippen LogP contribution in [-0.2, 0) is 6.54 Å². The van der Waals surface area contributed by atoms with Gasteiger partial charge in [0.2, 0.25) is 5.95 Å². The Morgan fingerprint density at radius 3 is 2.45 bits per heavy atom. The zero-order valence-corrected chi connectivity index (χ0v) is 17.3. The third-order valence-corrected chi connectivity index (χ3v) is 5.25. The highest BCUT2D eigenvalue weighted by Gasteiger charge is 2.10. The molecule has 2 N–H and O–H groups in total. The van der Waals surface area contributed by atoms with E-state index in [4.69, 9.17) is 0 Å². The summed E-state index contributed by atoms with van der Waals surface area (Å²) in [4.78, 5) is 11.6. The van der Waals surface area contributed by atoms with Crippen molar-refractivity contribution in [2.75, 3.05) is 28.6 Å². The van der Waals surface area contributed by atoms with Gasteiger partial charge in [0.25, 0.3) is 0 Å². The van der Waals surface area contributed by atoms with E-state index in [1.54, 1.807) is 0 Å². The molecule has 1 aromatic heterocycles. The monoisotopic (exact) mass is 387 g/mol. The number of aryl methyl sites for hydroxylation is 2. The van der Waals surface area contributed by atoms with Crippen molar-refractivity contribution in [1.29, 1.82) is 0 Å². The van der Waals surface area contributed by atoms with Crippen LogP contribution in [-0.4, -0.2) is 23.1 Å². The van der Waals surface area contributed by atoms with E-state index in [1.807, 2.05) is 13.0 Å². The number of nitrogens with one attached hydrogen (secondary N) is 2. The number of nitrogens with zero attached hydrogens (tertiary/aromatic N) is 3. The molecule has 2 aromatic carbocycles. The minimum atomic E-state index is 0.638. The Morgan fingerprint density at radius 2 is 1.69 bits per heavy atom. The van der Waals surface area contributed by atoms with Gasteiger partial charge in [-0.1, -0.05) is 29.8 Å².